The summed E-state index contributed by atoms with van der Waals surface area (Å²) in [6.07, 6.45) is 1.62. The Hall–Kier alpha value is -5.60. The second-order valence-electron chi connectivity index (χ2n) is 10.3. The molecule has 0 radical (unpaired) electrons. The number of anilines is 2. The minimum atomic E-state index is -0.495. The first-order chi connectivity index (χ1) is 22.4. The van der Waals surface area contributed by atoms with Crippen LogP contribution in [0.5, 0.6) is 5.75 Å². The molecule has 230 valence electrons. The number of hydrogen-bond acceptors (Lipinski definition) is 5. The maximum absolute atomic E-state index is 13.6. The van der Waals surface area contributed by atoms with Gasteiger partial charge in [0.25, 0.3) is 11.8 Å². The Kier molecular flexibility index (Phi) is 11.0. The van der Waals surface area contributed by atoms with E-state index in [-0.39, 0.29) is 16.9 Å². The molecule has 0 aliphatic heterocycles. The Labute approximate surface area is 272 Å². The molecule has 5 aromatic rings. The number of carbonyl (C=O) groups excluding carboxylic acids is 3. The molecule has 1 unspecified atom stereocenters. The van der Waals surface area contributed by atoms with Gasteiger partial charge in [-0.15, -0.1) is 11.8 Å². The van der Waals surface area contributed by atoms with Crippen LogP contribution in [0.1, 0.15) is 28.4 Å². The molecule has 0 fully saturated rings. The largest absolute Gasteiger partial charge is 0.489 e. The summed E-state index contributed by atoms with van der Waals surface area (Å²) in [6.45, 7) is 2.26. The fraction of sp³-hybridized carbons (Fsp3) is 0.0789. The van der Waals surface area contributed by atoms with E-state index in [0.717, 1.165) is 16.1 Å². The Balaban J connectivity index is 1.28. The lowest BCUT2D eigenvalue weighted by atomic mass is 10.1. The number of hydrogen-bond donors (Lipinski definition) is 3. The summed E-state index contributed by atoms with van der Waals surface area (Å²) in [5.41, 5.74) is 3.50. The van der Waals surface area contributed by atoms with Crippen molar-refractivity contribution in [2.24, 2.45) is 0 Å². The average Bonchev–Trinajstić information content (AvgIpc) is 3.09. The van der Waals surface area contributed by atoms with Gasteiger partial charge in [0.2, 0.25) is 5.91 Å². The summed E-state index contributed by atoms with van der Waals surface area (Å²) in [5.74, 6) is -0.352. The smallest absolute Gasteiger partial charge is 0.272 e. The van der Waals surface area contributed by atoms with Crippen LogP contribution in [0.3, 0.4) is 0 Å². The highest BCUT2D eigenvalue weighted by atomic mass is 32.2. The summed E-state index contributed by atoms with van der Waals surface area (Å²) in [4.78, 5) is 40.2. The third kappa shape index (κ3) is 9.45. The van der Waals surface area contributed by atoms with Crippen molar-refractivity contribution in [3.63, 3.8) is 0 Å². The first-order valence-corrected chi connectivity index (χ1v) is 15.6. The van der Waals surface area contributed by atoms with Gasteiger partial charge in [0.05, 0.1) is 5.25 Å². The molecule has 7 nitrogen and oxygen atoms in total. The van der Waals surface area contributed by atoms with Crippen LogP contribution >= 0.6 is 11.8 Å². The van der Waals surface area contributed by atoms with Crippen LogP contribution in [0.15, 0.2) is 150 Å². The lowest BCUT2D eigenvalue weighted by Gasteiger charge is -2.14. The van der Waals surface area contributed by atoms with Gasteiger partial charge in [-0.3, -0.25) is 14.4 Å². The van der Waals surface area contributed by atoms with E-state index in [1.165, 1.54) is 11.8 Å². The van der Waals surface area contributed by atoms with Crippen LogP contribution in [-0.2, 0) is 16.2 Å². The first kappa shape index (κ1) is 31.8. The quantitative estimate of drug-likeness (QED) is 0.0969. The minimum Gasteiger partial charge on any atom is -0.489 e. The predicted octanol–water partition coefficient (Wildman–Crippen LogP) is 7.79. The normalized spacial score (nSPS) is 11.6. The monoisotopic (exact) mass is 627 g/mol. The van der Waals surface area contributed by atoms with Crippen LogP contribution in [-0.4, -0.2) is 23.0 Å². The number of benzene rings is 5. The minimum absolute atomic E-state index is 0.0699. The third-order valence-electron chi connectivity index (χ3n) is 6.78. The van der Waals surface area contributed by atoms with Crippen molar-refractivity contribution in [1.82, 2.24) is 5.32 Å². The molecule has 1 atom stereocenters. The molecule has 0 saturated carbocycles. The molecule has 5 aromatic carbocycles. The van der Waals surface area contributed by atoms with Gasteiger partial charge in [-0.2, -0.15) is 0 Å². The van der Waals surface area contributed by atoms with E-state index in [2.05, 4.69) is 16.0 Å². The van der Waals surface area contributed by atoms with E-state index in [1.807, 2.05) is 104 Å². The lowest BCUT2D eigenvalue weighted by Crippen LogP contribution is -2.30. The van der Waals surface area contributed by atoms with Crippen molar-refractivity contribution < 1.29 is 19.1 Å². The van der Waals surface area contributed by atoms with E-state index in [9.17, 15) is 14.4 Å². The number of rotatable bonds is 12. The summed E-state index contributed by atoms with van der Waals surface area (Å²) >= 11 is 1.38. The number of thioether (sulfide) groups is 1. The molecule has 8 heteroatoms. The van der Waals surface area contributed by atoms with E-state index in [1.54, 1.807) is 48.5 Å². The van der Waals surface area contributed by atoms with E-state index < -0.39 is 11.8 Å². The van der Waals surface area contributed by atoms with Crippen LogP contribution in [0.25, 0.3) is 6.08 Å². The highest BCUT2D eigenvalue weighted by molar-refractivity contribution is 8.00. The Morgan fingerprint density at radius 3 is 2.04 bits per heavy atom. The molecule has 0 saturated heterocycles. The predicted molar refractivity (Wildman–Crippen MR) is 185 cm³/mol. The number of nitrogens with one attached hydrogen (secondary N) is 3. The van der Waals surface area contributed by atoms with Crippen LogP contribution in [0.4, 0.5) is 11.4 Å². The van der Waals surface area contributed by atoms with Gasteiger partial charge >= 0.3 is 0 Å². The van der Waals surface area contributed by atoms with Crippen molar-refractivity contribution in [3.05, 3.63) is 162 Å². The lowest BCUT2D eigenvalue weighted by molar-refractivity contribution is -0.115. The molecule has 0 aromatic heterocycles. The molecule has 0 aliphatic rings. The summed E-state index contributed by atoms with van der Waals surface area (Å²) < 4.78 is 5.89. The maximum Gasteiger partial charge on any atom is 0.272 e. The molecule has 46 heavy (non-hydrogen) atoms. The zero-order valence-corrected chi connectivity index (χ0v) is 26.0. The summed E-state index contributed by atoms with van der Waals surface area (Å²) in [7, 11) is 0. The highest BCUT2D eigenvalue weighted by Crippen LogP contribution is 2.27. The molecular formula is C38H33N3O4S. The van der Waals surface area contributed by atoms with Gasteiger partial charge in [-0.25, -0.2) is 0 Å². The van der Waals surface area contributed by atoms with Gasteiger partial charge in [0.15, 0.2) is 0 Å². The number of para-hydroxylation sites is 1. The molecule has 5 rings (SSSR count). The van der Waals surface area contributed by atoms with Gasteiger partial charge in [-0.1, -0.05) is 84.9 Å². The Morgan fingerprint density at radius 2 is 1.35 bits per heavy atom. The fourth-order valence-corrected chi connectivity index (χ4v) is 5.31. The van der Waals surface area contributed by atoms with Crippen LogP contribution in [0, 0.1) is 0 Å². The molecule has 0 spiro atoms. The average molecular weight is 628 g/mol. The standard InChI is InChI=1S/C38H33N3O4S/c1-27(36(42)39-31-16-9-4-10-17-31)46-34-19-11-18-32(25-34)40-38(44)35(41-37(43)30-14-7-3-8-15-30)24-28-20-22-33(23-21-28)45-26-29-12-5-2-6-13-29/h2-25,27H,26H2,1H3,(H,39,42)(H,40,44)(H,41,43)/b35-24-. The third-order valence-corrected chi connectivity index (χ3v) is 7.88. The molecule has 0 heterocycles. The maximum atomic E-state index is 13.6. The zero-order chi connectivity index (χ0) is 32.1. The summed E-state index contributed by atoms with van der Waals surface area (Å²) in [5, 5.41) is 8.19. The van der Waals surface area contributed by atoms with Crippen LogP contribution in [0.2, 0.25) is 0 Å². The van der Waals surface area contributed by atoms with Crippen molar-refractivity contribution in [2.75, 3.05) is 10.6 Å². The second kappa shape index (κ2) is 15.9. The molecular weight excluding hydrogens is 595 g/mol. The topological polar surface area (TPSA) is 96.5 Å². The zero-order valence-electron chi connectivity index (χ0n) is 25.2. The molecule has 0 bridgehead atoms. The van der Waals surface area contributed by atoms with E-state index in [4.69, 9.17) is 4.74 Å². The van der Waals surface area contributed by atoms with Crippen molar-refractivity contribution >= 4 is 46.9 Å². The van der Waals surface area contributed by atoms with Crippen molar-refractivity contribution in [2.45, 2.75) is 23.7 Å². The summed E-state index contributed by atoms with van der Waals surface area (Å²) in [6, 6.07) is 42.4. The van der Waals surface area contributed by atoms with Gasteiger partial charge < -0.3 is 20.7 Å². The van der Waals surface area contributed by atoms with E-state index >= 15 is 0 Å². The SMILES string of the molecule is CC(Sc1cccc(NC(=O)/C(=C/c2ccc(OCc3ccccc3)cc2)NC(=O)c2ccccc2)c1)C(=O)Nc1ccccc1. The van der Waals surface area contributed by atoms with Crippen molar-refractivity contribution in [1.29, 1.82) is 0 Å². The van der Waals surface area contributed by atoms with E-state index in [0.29, 0.717) is 29.2 Å². The second-order valence-corrected chi connectivity index (χ2v) is 11.7. The number of carbonyl (C=O) groups is 3. The number of amides is 3. The highest BCUT2D eigenvalue weighted by Gasteiger charge is 2.17. The molecule has 3 amide bonds. The Morgan fingerprint density at radius 1 is 0.717 bits per heavy atom. The number of ether oxygens (including phenoxy) is 1. The first-order valence-electron chi connectivity index (χ1n) is 14.7. The molecule has 0 aliphatic carbocycles. The van der Waals surface area contributed by atoms with Crippen LogP contribution < -0.4 is 20.7 Å². The van der Waals surface area contributed by atoms with Crippen molar-refractivity contribution in [3.8, 4) is 5.75 Å². The Bertz CT molecular complexity index is 1800. The van der Waals surface area contributed by atoms with Gasteiger partial charge in [0, 0.05) is 21.8 Å². The fourth-order valence-electron chi connectivity index (χ4n) is 4.38. The van der Waals surface area contributed by atoms with Gasteiger partial charge in [-0.05, 0) is 78.7 Å². The molecule has 3 N–H and O–H groups in total. The van der Waals surface area contributed by atoms with Gasteiger partial charge in [0.1, 0.15) is 18.1 Å².